The van der Waals surface area contributed by atoms with Crippen LogP contribution >= 0.6 is 0 Å². The highest BCUT2D eigenvalue weighted by atomic mass is 16.5. The highest BCUT2D eigenvalue weighted by Crippen LogP contribution is 2.26. The van der Waals surface area contributed by atoms with Crippen molar-refractivity contribution in [1.29, 1.82) is 0 Å². The van der Waals surface area contributed by atoms with Gasteiger partial charge >= 0.3 is 0 Å². The number of carbonyl (C=O) groups excluding carboxylic acids is 1. The summed E-state index contributed by atoms with van der Waals surface area (Å²) in [5, 5.41) is 6.59. The van der Waals surface area contributed by atoms with Crippen LogP contribution in [0.25, 0.3) is 0 Å². The van der Waals surface area contributed by atoms with Gasteiger partial charge in [0, 0.05) is 32.3 Å². The lowest BCUT2D eigenvalue weighted by atomic mass is 9.89. The van der Waals surface area contributed by atoms with Gasteiger partial charge < -0.3 is 20.3 Å². The number of nitrogens with zero attached hydrogens (tertiary/aromatic N) is 1. The Kier molecular flexibility index (Phi) is 5.94. The van der Waals surface area contributed by atoms with Gasteiger partial charge in [-0.2, -0.15) is 0 Å². The summed E-state index contributed by atoms with van der Waals surface area (Å²) < 4.78 is 5.64. The van der Waals surface area contributed by atoms with Crippen LogP contribution in [0.4, 0.5) is 0 Å². The number of ether oxygens (including phenoxy) is 1. The summed E-state index contributed by atoms with van der Waals surface area (Å²) in [7, 11) is 1.68. The van der Waals surface area contributed by atoms with Crippen molar-refractivity contribution in [3.63, 3.8) is 0 Å². The summed E-state index contributed by atoms with van der Waals surface area (Å²) in [6.07, 6.45) is 10.7. The molecule has 0 bridgehead atoms. The molecule has 0 aromatic heterocycles. The van der Waals surface area contributed by atoms with Crippen LogP contribution < -0.4 is 10.6 Å². The maximum absolute atomic E-state index is 12.7. The number of rotatable bonds is 4. The number of hydrogen-bond acceptors (Lipinski definition) is 4. The molecule has 1 saturated carbocycles. The molecule has 0 atom stereocenters. The molecule has 0 aromatic rings. The molecule has 5 nitrogen and oxygen atoms in total. The summed E-state index contributed by atoms with van der Waals surface area (Å²) in [4.78, 5) is 15.4. The SMILES string of the molecule is COC1(C(=O)NC2CCN(C3CCCCC3)CC2)CCNCC1. The molecule has 0 spiro atoms. The average Bonchev–Trinajstić information content (AvgIpc) is 2.63. The topological polar surface area (TPSA) is 53.6 Å². The van der Waals surface area contributed by atoms with Crippen molar-refractivity contribution in [3.8, 4) is 0 Å². The van der Waals surface area contributed by atoms with Crippen molar-refractivity contribution in [2.75, 3.05) is 33.3 Å². The van der Waals surface area contributed by atoms with E-state index in [1.165, 1.54) is 32.1 Å². The summed E-state index contributed by atoms with van der Waals surface area (Å²) in [5.41, 5.74) is -0.605. The predicted molar refractivity (Wildman–Crippen MR) is 91.5 cm³/mol. The van der Waals surface area contributed by atoms with Crippen molar-refractivity contribution in [2.45, 2.75) is 75.5 Å². The fourth-order valence-corrected chi connectivity index (χ4v) is 4.53. The van der Waals surface area contributed by atoms with Crippen molar-refractivity contribution < 1.29 is 9.53 Å². The van der Waals surface area contributed by atoms with Gasteiger partial charge in [-0.1, -0.05) is 19.3 Å². The first-order valence-electron chi connectivity index (χ1n) is 9.54. The molecule has 3 fully saturated rings. The van der Waals surface area contributed by atoms with Crippen LogP contribution in [0, 0.1) is 0 Å². The summed E-state index contributed by atoms with van der Waals surface area (Å²) >= 11 is 0. The summed E-state index contributed by atoms with van der Waals surface area (Å²) in [6.45, 7) is 4.00. The molecular weight excluding hydrogens is 290 g/mol. The lowest BCUT2D eigenvalue weighted by Gasteiger charge is -2.41. The van der Waals surface area contributed by atoms with Gasteiger partial charge in [0.1, 0.15) is 5.60 Å². The smallest absolute Gasteiger partial charge is 0.252 e. The van der Waals surface area contributed by atoms with Crippen LogP contribution in [-0.4, -0.2) is 61.8 Å². The van der Waals surface area contributed by atoms with Gasteiger partial charge in [-0.05, 0) is 51.6 Å². The van der Waals surface area contributed by atoms with E-state index in [0.29, 0.717) is 6.04 Å². The van der Waals surface area contributed by atoms with E-state index < -0.39 is 5.60 Å². The Morgan fingerprint density at radius 1 is 1.09 bits per heavy atom. The Balaban J connectivity index is 1.47. The third kappa shape index (κ3) is 4.06. The first-order chi connectivity index (χ1) is 11.2. The van der Waals surface area contributed by atoms with E-state index in [2.05, 4.69) is 15.5 Å². The van der Waals surface area contributed by atoms with Crippen LogP contribution in [0.1, 0.15) is 57.8 Å². The average molecular weight is 323 g/mol. The molecule has 1 aliphatic carbocycles. The Bertz CT molecular complexity index is 382. The number of amides is 1. The van der Waals surface area contributed by atoms with Crippen molar-refractivity contribution in [3.05, 3.63) is 0 Å². The first-order valence-corrected chi connectivity index (χ1v) is 9.54. The molecule has 132 valence electrons. The standard InChI is InChI=1S/C18H33N3O2/c1-23-18(9-11-19-12-10-18)17(22)20-15-7-13-21(14-8-15)16-5-3-2-4-6-16/h15-16,19H,2-14H2,1H3,(H,20,22). The molecule has 23 heavy (non-hydrogen) atoms. The van der Waals surface area contributed by atoms with E-state index >= 15 is 0 Å². The predicted octanol–water partition coefficient (Wildman–Crippen LogP) is 1.67. The minimum absolute atomic E-state index is 0.109. The minimum atomic E-state index is -0.605. The zero-order valence-corrected chi connectivity index (χ0v) is 14.6. The Morgan fingerprint density at radius 2 is 1.74 bits per heavy atom. The van der Waals surface area contributed by atoms with Crippen molar-refractivity contribution in [1.82, 2.24) is 15.5 Å². The van der Waals surface area contributed by atoms with E-state index in [9.17, 15) is 4.79 Å². The molecule has 2 saturated heterocycles. The first kappa shape index (κ1) is 17.2. The number of hydrogen-bond donors (Lipinski definition) is 2. The molecule has 3 aliphatic rings. The fraction of sp³-hybridized carbons (Fsp3) is 0.944. The number of nitrogens with one attached hydrogen (secondary N) is 2. The molecule has 3 rings (SSSR count). The molecule has 1 amide bonds. The Labute approximate surface area is 140 Å². The van der Waals surface area contributed by atoms with Gasteiger partial charge in [0.25, 0.3) is 5.91 Å². The summed E-state index contributed by atoms with van der Waals surface area (Å²) in [6, 6.07) is 1.12. The van der Waals surface area contributed by atoms with Gasteiger partial charge in [0.15, 0.2) is 0 Å². The zero-order chi connectivity index (χ0) is 16.1. The van der Waals surface area contributed by atoms with Crippen molar-refractivity contribution >= 4 is 5.91 Å². The molecule has 5 heteroatoms. The number of piperidine rings is 2. The molecular formula is C18H33N3O2. The molecule has 2 N–H and O–H groups in total. The van der Waals surface area contributed by atoms with E-state index in [1.54, 1.807) is 7.11 Å². The van der Waals surface area contributed by atoms with Crippen LogP contribution in [0.5, 0.6) is 0 Å². The Hall–Kier alpha value is -0.650. The number of methoxy groups -OCH3 is 1. The second-order valence-corrected chi connectivity index (χ2v) is 7.52. The fourth-order valence-electron chi connectivity index (χ4n) is 4.53. The third-order valence-electron chi connectivity index (χ3n) is 6.17. The Morgan fingerprint density at radius 3 is 2.35 bits per heavy atom. The van der Waals surface area contributed by atoms with Crippen LogP contribution in [0.3, 0.4) is 0 Å². The van der Waals surface area contributed by atoms with Gasteiger partial charge in [0.2, 0.25) is 0 Å². The van der Waals surface area contributed by atoms with Crippen LogP contribution in [0.15, 0.2) is 0 Å². The lowest BCUT2D eigenvalue weighted by molar-refractivity contribution is -0.147. The van der Waals surface area contributed by atoms with Gasteiger partial charge in [-0.15, -0.1) is 0 Å². The second kappa shape index (κ2) is 7.95. The van der Waals surface area contributed by atoms with Crippen LogP contribution in [-0.2, 0) is 9.53 Å². The summed E-state index contributed by atoms with van der Waals surface area (Å²) in [5.74, 6) is 0.109. The molecule has 0 radical (unpaired) electrons. The highest BCUT2D eigenvalue weighted by molar-refractivity contribution is 5.85. The van der Waals surface area contributed by atoms with Gasteiger partial charge in [0.05, 0.1) is 0 Å². The van der Waals surface area contributed by atoms with Gasteiger partial charge in [-0.3, -0.25) is 4.79 Å². The highest BCUT2D eigenvalue weighted by Gasteiger charge is 2.40. The normalized spacial score (nSPS) is 27.7. The van der Waals surface area contributed by atoms with E-state index in [-0.39, 0.29) is 5.91 Å². The van der Waals surface area contributed by atoms with E-state index in [1.807, 2.05) is 0 Å². The van der Waals surface area contributed by atoms with Crippen LogP contribution in [0.2, 0.25) is 0 Å². The molecule has 2 heterocycles. The number of carbonyl (C=O) groups is 1. The van der Waals surface area contributed by atoms with Crippen molar-refractivity contribution in [2.24, 2.45) is 0 Å². The maximum Gasteiger partial charge on any atom is 0.252 e. The quantitative estimate of drug-likeness (QED) is 0.826. The second-order valence-electron chi connectivity index (χ2n) is 7.52. The largest absolute Gasteiger partial charge is 0.368 e. The number of likely N-dealkylation sites (tertiary alicyclic amines) is 1. The van der Waals surface area contributed by atoms with E-state index in [4.69, 9.17) is 4.74 Å². The molecule has 0 unspecified atom stereocenters. The lowest BCUT2D eigenvalue weighted by Crippen LogP contribution is -2.57. The third-order valence-corrected chi connectivity index (χ3v) is 6.17. The van der Waals surface area contributed by atoms with Gasteiger partial charge in [-0.25, -0.2) is 0 Å². The zero-order valence-electron chi connectivity index (χ0n) is 14.6. The maximum atomic E-state index is 12.7. The van der Waals surface area contributed by atoms with E-state index in [0.717, 1.165) is 57.9 Å². The molecule has 2 aliphatic heterocycles. The molecule has 0 aromatic carbocycles. The monoisotopic (exact) mass is 323 g/mol. The minimum Gasteiger partial charge on any atom is -0.368 e.